The van der Waals surface area contributed by atoms with Crippen LogP contribution in [0.3, 0.4) is 0 Å². The van der Waals surface area contributed by atoms with Crippen molar-refractivity contribution >= 4 is 5.69 Å². The highest BCUT2D eigenvalue weighted by atomic mass is 19.4. The highest BCUT2D eigenvalue weighted by Gasteiger charge is 2.44. The summed E-state index contributed by atoms with van der Waals surface area (Å²) in [5, 5.41) is 15.9. The smallest absolute Gasteiger partial charge is 0.416 e. The van der Waals surface area contributed by atoms with Crippen LogP contribution >= 0.6 is 0 Å². The molecule has 6 nitrogen and oxygen atoms in total. The second kappa shape index (κ2) is 8.92. The third-order valence-electron chi connectivity index (χ3n) is 6.85. The highest BCUT2D eigenvalue weighted by molar-refractivity contribution is 5.50. The summed E-state index contributed by atoms with van der Waals surface area (Å²) < 4.78 is 46.8. The molecule has 1 saturated carbocycles. The summed E-state index contributed by atoms with van der Waals surface area (Å²) in [4.78, 5) is 0. The molecular formula is C25H30F3N5O. The van der Waals surface area contributed by atoms with Gasteiger partial charge in [0.1, 0.15) is 5.75 Å². The van der Waals surface area contributed by atoms with E-state index in [-0.39, 0.29) is 11.1 Å². The average molecular weight is 474 g/mol. The Morgan fingerprint density at radius 3 is 2.29 bits per heavy atom. The Hall–Kier alpha value is -3.10. The molecule has 0 amide bonds. The lowest BCUT2D eigenvalue weighted by molar-refractivity contribution is -0.137. The Bertz CT molecular complexity index is 1110. The summed E-state index contributed by atoms with van der Waals surface area (Å²) in [5.74, 6) is 1.77. The minimum atomic E-state index is -4.45. The molecule has 1 aliphatic carbocycles. The molecule has 4 rings (SSSR count). The van der Waals surface area contributed by atoms with Crippen LogP contribution in [0.4, 0.5) is 18.9 Å². The number of benzene rings is 2. The summed E-state index contributed by atoms with van der Waals surface area (Å²) in [6, 6.07) is 12.7. The standard InChI is InChI=1S/C25H30F3N5O/c1-23(2,3)17-12-14-24(15-13-17,29-19-8-10-21(34-4)11-9-19)22-30-31-32-33(22)20-7-5-6-18(16-20)25(26,27)28/h5-11,16-17,29H,12-15H2,1-4H3. The largest absolute Gasteiger partial charge is 0.497 e. The van der Waals surface area contributed by atoms with E-state index in [2.05, 4.69) is 41.6 Å². The quantitative estimate of drug-likeness (QED) is 0.476. The number of methoxy groups -OCH3 is 1. The molecule has 0 atom stereocenters. The molecule has 1 fully saturated rings. The van der Waals surface area contributed by atoms with Gasteiger partial charge in [0.25, 0.3) is 0 Å². The number of ether oxygens (including phenoxy) is 1. The minimum absolute atomic E-state index is 0.166. The number of anilines is 1. The van der Waals surface area contributed by atoms with Crippen LogP contribution in [-0.4, -0.2) is 27.3 Å². The predicted octanol–water partition coefficient (Wildman–Crippen LogP) is 6.23. The number of aromatic nitrogens is 4. The van der Waals surface area contributed by atoms with E-state index in [0.717, 1.165) is 49.3 Å². The number of nitrogens with zero attached hydrogens (tertiary/aromatic N) is 4. The second-order valence-electron chi connectivity index (χ2n) is 10.0. The molecule has 1 heterocycles. The van der Waals surface area contributed by atoms with E-state index in [1.54, 1.807) is 13.2 Å². The van der Waals surface area contributed by atoms with E-state index < -0.39 is 17.3 Å². The van der Waals surface area contributed by atoms with Gasteiger partial charge in [0, 0.05) is 5.69 Å². The first kappa shape index (κ1) is 24.0. The molecule has 34 heavy (non-hydrogen) atoms. The van der Waals surface area contributed by atoms with Gasteiger partial charge in [0.2, 0.25) is 0 Å². The summed E-state index contributed by atoms with van der Waals surface area (Å²) in [7, 11) is 1.61. The number of rotatable bonds is 5. The molecule has 1 N–H and O–H groups in total. The fourth-order valence-electron chi connectivity index (χ4n) is 4.81. The van der Waals surface area contributed by atoms with Crippen molar-refractivity contribution < 1.29 is 17.9 Å². The van der Waals surface area contributed by atoms with Crippen LogP contribution in [0.1, 0.15) is 57.8 Å². The predicted molar refractivity (Wildman–Crippen MR) is 124 cm³/mol. The first-order chi connectivity index (χ1) is 16.0. The van der Waals surface area contributed by atoms with Crippen molar-refractivity contribution in [2.24, 2.45) is 11.3 Å². The topological polar surface area (TPSA) is 64.9 Å². The third-order valence-corrected chi connectivity index (χ3v) is 6.85. The van der Waals surface area contributed by atoms with Gasteiger partial charge in [-0.05, 0) is 89.9 Å². The molecule has 182 valence electrons. The SMILES string of the molecule is COc1ccc(NC2(c3nnnn3-c3cccc(C(F)(F)F)c3)CCC(C(C)(C)C)CC2)cc1. The maximum Gasteiger partial charge on any atom is 0.416 e. The van der Waals surface area contributed by atoms with E-state index in [0.29, 0.717) is 11.7 Å². The number of hydrogen-bond acceptors (Lipinski definition) is 5. The molecule has 0 aliphatic heterocycles. The van der Waals surface area contributed by atoms with Gasteiger partial charge in [-0.3, -0.25) is 0 Å². The van der Waals surface area contributed by atoms with Crippen LogP contribution in [0.15, 0.2) is 48.5 Å². The van der Waals surface area contributed by atoms with Gasteiger partial charge in [-0.15, -0.1) is 5.10 Å². The van der Waals surface area contributed by atoms with Crippen LogP contribution in [0.2, 0.25) is 0 Å². The first-order valence-corrected chi connectivity index (χ1v) is 11.4. The van der Waals surface area contributed by atoms with Crippen molar-refractivity contribution in [3.8, 4) is 11.4 Å². The Kier molecular flexibility index (Phi) is 6.31. The van der Waals surface area contributed by atoms with E-state index in [4.69, 9.17) is 4.74 Å². The Balaban J connectivity index is 1.74. The summed E-state index contributed by atoms with van der Waals surface area (Å²) in [5.41, 5.74) is -0.0508. The molecule has 1 aromatic heterocycles. The van der Waals surface area contributed by atoms with Crippen molar-refractivity contribution in [2.75, 3.05) is 12.4 Å². The maximum absolute atomic E-state index is 13.4. The highest BCUT2D eigenvalue weighted by Crippen LogP contribution is 2.47. The number of nitrogens with one attached hydrogen (secondary N) is 1. The third kappa shape index (κ3) is 4.88. The van der Waals surface area contributed by atoms with Gasteiger partial charge < -0.3 is 10.1 Å². The summed E-state index contributed by atoms with van der Waals surface area (Å²) >= 11 is 0. The van der Waals surface area contributed by atoms with Crippen molar-refractivity contribution in [2.45, 2.75) is 58.2 Å². The van der Waals surface area contributed by atoms with Crippen LogP contribution in [-0.2, 0) is 11.7 Å². The molecule has 0 unspecified atom stereocenters. The van der Waals surface area contributed by atoms with Crippen LogP contribution in [0.25, 0.3) is 5.69 Å². The molecule has 9 heteroatoms. The van der Waals surface area contributed by atoms with Gasteiger partial charge in [-0.1, -0.05) is 26.8 Å². The molecule has 1 aliphatic rings. The zero-order chi connectivity index (χ0) is 24.6. The van der Waals surface area contributed by atoms with Crippen molar-refractivity contribution in [1.82, 2.24) is 20.2 Å². The molecule has 2 aromatic carbocycles. The fourth-order valence-corrected chi connectivity index (χ4v) is 4.81. The van der Waals surface area contributed by atoms with E-state index >= 15 is 0 Å². The fraction of sp³-hybridized carbons (Fsp3) is 0.480. The van der Waals surface area contributed by atoms with Gasteiger partial charge >= 0.3 is 6.18 Å². The first-order valence-electron chi connectivity index (χ1n) is 11.4. The Labute approximate surface area is 197 Å². The van der Waals surface area contributed by atoms with Crippen LogP contribution < -0.4 is 10.1 Å². The van der Waals surface area contributed by atoms with E-state index in [1.165, 1.54) is 10.7 Å². The maximum atomic E-state index is 13.4. The second-order valence-corrected chi connectivity index (χ2v) is 10.0. The van der Waals surface area contributed by atoms with Crippen molar-refractivity contribution in [3.63, 3.8) is 0 Å². The number of hydrogen-bond donors (Lipinski definition) is 1. The van der Waals surface area contributed by atoms with Crippen molar-refractivity contribution in [3.05, 3.63) is 59.9 Å². The van der Waals surface area contributed by atoms with Gasteiger partial charge in [0.15, 0.2) is 5.82 Å². The molecule has 0 spiro atoms. The molecule has 0 bridgehead atoms. The van der Waals surface area contributed by atoms with E-state index in [1.807, 2.05) is 24.3 Å². The monoisotopic (exact) mass is 473 g/mol. The number of tetrazole rings is 1. The molecule has 3 aromatic rings. The van der Waals surface area contributed by atoms with Gasteiger partial charge in [0.05, 0.1) is 23.9 Å². The van der Waals surface area contributed by atoms with E-state index in [9.17, 15) is 13.2 Å². The van der Waals surface area contributed by atoms with Crippen molar-refractivity contribution in [1.29, 1.82) is 0 Å². The zero-order valence-electron chi connectivity index (χ0n) is 19.9. The number of halogens is 3. The molecular weight excluding hydrogens is 443 g/mol. The van der Waals surface area contributed by atoms with Gasteiger partial charge in [-0.2, -0.15) is 17.9 Å². The molecule has 0 radical (unpaired) electrons. The lowest BCUT2D eigenvalue weighted by Crippen LogP contribution is -2.43. The van der Waals surface area contributed by atoms with Crippen LogP contribution in [0, 0.1) is 11.3 Å². The normalized spacial score (nSPS) is 21.3. The average Bonchev–Trinajstić information content (AvgIpc) is 3.30. The lowest BCUT2D eigenvalue weighted by Gasteiger charge is -2.44. The summed E-state index contributed by atoms with van der Waals surface area (Å²) in [6.07, 6.45) is -1.06. The Morgan fingerprint density at radius 2 is 1.71 bits per heavy atom. The van der Waals surface area contributed by atoms with Crippen LogP contribution in [0.5, 0.6) is 5.75 Å². The summed E-state index contributed by atoms with van der Waals surface area (Å²) in [6.45, 7) is 6.73. The minimum Gasteiger partial charge on any atom is -0.497 e. The number of alkyl halides is 3. The lowest BCUT2D eigenvalue weighted by atomic mass is 9.67. The molecule has 0 saturated heterocycles. The Morgan fingerprint density at radius 1 is 1.03 bits per heavy atom. The van der Waals surface area contributed by atoms with Gasteiger partial charge in [-0.25, -0.2) is 0 Å². The zero-order valence-corrected chi connectivity index (χ0v) is 19.9.